The van der Waals surface area contributed by atoms with Gasteiger partial charge in [0, 0.05) is 43.4 Å². The molecule has 180 valence electrons. The summed E-state index contributed by atoms with van der Waals surface area (Å²) in [4.78, 5) is 24.3. The molecule has 0 spiro atoms. The fraction of sp³-hybridized carbons (Fsp3) is 0.321. The van der Waals surface area contributed by atoms with Crippen LogP contribution in [-0.2, 0) is 13.0 Å². The van der Waals surface area contributed by atoms with Crippen molar-refractivity contribution in [1.29, 1.82) is 0 Å². The van der Waals surface area contributed by atoms with Gasteiger partial charge in [-0.3, -0.25) is 14.8 Å². The third kappa shape index (κ3) is 5.29. The van der Waals surface area contributed by atoms with E-state index in [4.69, 9.17) is 9.47 Å². The molecular formula is C28H30N4O3. The van der Waals surface area contributed by atoms with E-state index in [0.717, 1.165) is 50.2 Å². The smallest absolute Gasteiger partial charge is 0.253 e. The van der Waals surface area contributed by atoms with Gasteiger partial charge in [-0.15, -0.1) is 0 Å². The van der Waals surface area contributed by atoms with Gasteiger partial charge in [0.05, 0.1) is 24.0 Å². The molecule has 7 nitrogen and oxygen atoms in total. The molecule has 0 saturated carbocycles. The van der Waals surface area contributed by atoms with Crippen molar-refractivity contribution >= 4 is 11.4 Å². The van der Waals surface area contributed by atoms with Crippen molar-refractivity contribution in [3.8, 4) is 11.5 Å². The molecule has 1 unspecified atom stereocenters. The molecule has 5 rings (SSSR count). The van der Waals surface area contributed by atoms with Gasteiger partial charge < -0.3 is 18.8 Å². The zero-order valence-corrected chi connectivity index (χ0v) is 20.0. The number of nitrogens with zero attached hydrogens (tertiary/aromatic N) is 4. The first kappa shape index (κ1) is 22.9. The number of pyridine rings is 1. The molecule has 1 aliphatic rings. The predicted molar refractivity (Wildman–Crippen MR) is 134 cm³/mol. The van der Waals surface area contributed by atoms with E-state index in [9.17, 15) is 4.79 Å². The van der Waals surface area contributed by atoms with Gasteiger partial charge in [-0.25, -0.2) is 0 Å². The highest BCUT2D eigenvalue weighted by molar-refractivity contribution is 5.95. The number of carbonyl (C=O) groups is 1. The molecule has 4 heterocycles. The molecule has 7 heteroatoms. The van der Waals surface area contributed by atoms with E-state index in [1.807, 2.05) is 41.6 Å². The molecule has 0 radical (unpaired) electrons. The molecule has 0 N–H and O–H groups in total. The Kier molecular flexibility index (Phi) is 6.93. The van der Waals surface area contributed by atoms with Crippen LogP contribution in [0.2, 0.25) is 0 Å². The Morgan fingerprint density at radius 2 is 1.94 bits per heavy atom. The van der Waals surface area contributed by atoms with Gasteiger partial charge in [0.2, 0.25) is 0 Å². The second-order valence-electron chi connectivity index (χ2n) is 8.94. The van der Waals surface area contributed by atoms with Crippen molar-refractivity contribution in [2.75, 3.05) is 20.2 Å². The van der Waals surface area contributed by atoms with E-state index in [0.29, 0.717) is 29.6 Å². The van der Waals surface area contributed by atoms with Crippen LogP contribution in [0.15, 0.2) is 73.3 Å². The Balaban J connectivity index is 1.24. The van der Waals surface area contributed by atoms with E-state index in [1.165, 1.54) is 5.52 Å². The summed E-state index contributed by atoms with van der Waals surface area (Å²) in [7, 11) is 1.60. The summed E-state index contributed by atoms with van der Waals surface area (Å²) in [6.45, 7) is 1.81. The molecule has 1 atom stereocenters. The number of rotatable bonds is 7. The number of hydrogen-bond acceptors (Lipinski definition) is 5. The quantitative estimate of drug-likeness (QED) is 0.388. The zero-order chi connectivity index (χ0) is 24.0. The summed E-state index contributed by atoms with van der Waals surface area (Å²) in [5.74, 6) is 1.68. The van der Waals surface area contributed by atoms with E-state index in [-0.39, 0.29) is 5.91 Å². The van der Waals surface area contributed by atoms with Crippen LogP contribution in [0.4, 0.5) is 0 Å². The molecule has 3 aromatic heterocycles. The maximum atomic E-state index is 13.4. The Bertz CT molecular complexity index is 1290. The third-order valence-corrected chi connectivity index (χ3v) is 6.66. The molecule has 0 aliphatic carbocycles. The number of fused-ring (bicyclic) bond motifs is 1. The lowest BCUT2D eigenvalue weighted by molar-refractivity contribution is 0.0759. The van der Waals surface area contributed by atoms with Gasteiger partial charge in [-0.05, 0) is 74.1 Å². The molecule has 1 aromatic carbocycles. The molecular weight excluding hydrogens is 440 g/mol. The van der Waals surface area contributed by atoms with Crippen LogP contribution in [-0.4, -0.2) is 45.4 Å². The average molecular weight is 471 g/mol. The number of aromatic nitrogens is 3. The van der Waals surface area contributed by atoms with Crippen molar-refractivity contribution in [1.82, 2.24) is 19.3 Å². The maximum Gasteiger partial charge on any atom is 0.253 e. The van der Waals surface area contributed by atoms with Crippen LogP contribution in [0, 0.1) is 5.92 Å². The fourth-order valence-electron chi connectivity index (χ4n) is 4.77. The Morgan fingerprint density at radius 1 is 1.00 bits per heavy atom. The molecule has 35 heavy (non-hydrogen) atoms. The first-order chi connectivity index (χ1) is 17.2. The van der Waals surface area contributed by atoms with Gasteiger partial charge in [-0.2, -0.15) is 0 Å². The van der Waals surface area contributed by atoms with Gasteiger partial charge in [0.1, 0.15) is 6.61 Å². The summed E-state index contributed by atoms with van der Waals surface area (Å²) >= 11 is 0. The molecule has 1 amide bonds. The number of ether oxygens (including phenoxy) is 2. The number of hydrogen-bond donors (Lipinski definition) is 0. The third-order valence-electron chi connectivity index (χ3n) is 6.66. The fourth-order valence-corrected chi connectivity index (χ4v) is 4.77. The largest absolute Gasteiger partial charge is 0.493 e. The standard InChI is InChI=1S/C28H30N4O3/c1-34-26-10-9-22(19-27(26)35-20-23-7-2-3-12-29-23)28(33)32-15-4-6-21(11-16-32)18-24-25-8-5-14-31(25)17-13-30-24/h2-3,5,7-10,12-14,17,19,21H,4,6,11,15-16,18,20H2,1H3. The topological polar surface area (TPSA) is 69.0 Å². The van der Waals surface area contributed by atoms with Crippen LogP contribution in [0.3, 0.4) is 0 Å². The number of amides is 1. The first-order valence-electron chi connectivity index (χ1n) is 12.1. The van der Waals surface area contributed by atoms with Crippen molar-refractivity contribution in [2.45, 2.75) is 32.3 Å². The molecule has 4 aromatic rings. The van der Waals surface area contributed by atoms with Gasteiger partial charge >= 0.3 is 0 Å². The minimum Gasteiger partial charge on any atom is -0.493 e. The molecule has 1 saturated heterocycles. The van der Waals surface area contributed by atoms with E-state index in [2.05, 4.69) is 32.7 Å². The summed E-state index contributed by atoms with van der Waals surface area (Å²) < 4.78 is 13.5. The maximum absolute atomic E-state index is 13.4. The molecule has 1 aliphatic heterocycles. The predicted octanol–water partition coefficient (Wildman–Crippen LogP) is 4.80. The lowest BCUT2D eigenvalue weighted by Crippen LogP contribution is -2.32. The van der Waals surface area contributed by atoms with E-state index < -0.39 is 0 Å². The SMILES string of the molecule is COc1ccc(C(=O)N2CCCC(Cc3nccn4cccc34)CC2)cc1OCc1ccccn1. The average Bonchev–Trinajstić information content (AvgIpc) is 3.27. The highest BCUT2D eigenvalue weighted by atomic mass is 16.5. The number of methoxy groups -OCH3 is 1. The summed E-state index contributed by atoms with van der Waals surface area (Å²) in [5.41, 5.74) is 3.73. The molecule has 1 fully saturated rings. The number of benzene rings is 1. The van der Waals surface area contributed by atoms with Gasteiger partial charge in [0.25, 0.3) is 5.91 Å². The minimum atomic E-state index is 0.0304. The zero-order valence-electron chi connectivity index (χ0n) is 20.0. The second-order valence-corrected chi connectivity index (χ2v) is 8.94. The van der Waals surface area contributed by atoms with Crippen LogP contribution in [0.5, 0.6) is 11.5 Å². The monoisotopic (exact) mass is 470 g/mol. The van der Waals surface area contributed by atoms with E-state index in [1.54, 1.807) is 25.4 Å². The highest BCUT2D eigenvalue weighted by Crippen LogP contribution is 2.30. The van der Waals surface area contributed by atoms with Crippen molar-refractivity contribution in [2.24, 2.45) is 5.92 Å². The summed E-state index contributed by atoms with van der Waals surface area (Å²) in [5, 5.41) is 0. The van der Waals surface area contributed by atoms with Crippen LogP contribution < -0.4 is 9.47 Å². The Hall–Kier alpha value is -3.87. The summed E-state index contributed by atoms with van der Waals surface area (Å²) in [6.07, 6.45) is 11.6. The minimum absolute atomic E-state index is 0.0304. The van der Waals surface area contributed by atoms with Crippen molar-refractivity contribution < 1.29 is 14.3 Å². The van der Waals surface area contributed by atoms with Crippen LogP contribution in [0.25, 0.3) is 5.52 Å². The number of likely N-dealkylation sites (tertiary alicyclic amines) is 1. The lowest BCUT2D eigenvalue weighted by atomic mass is 9.95. The Morgan fingerprint density at radius 3 is 2.80 bits per heavy atom. The number of carbonyl (C=O) groups excluding carboxylic acids is 1. The molecule has 0 bridgehead atoms. The first-order valence-corrected chi connectivity index (χ1v) is 12.1. The van der Waals surface area contributed by atoms with Crippen molar-refractivity contribution in [3.05, 3.63) is 90.3 Å². The Labute approximate surface area is 205 Å². The van der Waals surface area contributed by atoms with E-state index >= 15 is 0 Å². The lowest BCUT2D eigenvalue weighted by Gasteiger charge is -2.21. The van der Waals surface area contributed by atoms with Crippen LogP contribution >= 0.6 is 0 Å². The summed E-state index contributed by atoms with van der Waals surface area (Å²) in [6, 6.07) is 15.3. The second kappa shape index (κ2) is 10.6. The normalized spacial score (nSPS) is 16.1. The van der Waals surface area contributed by atoms with Gasteiger partial charge in [0.15, 0.2) is 11.5 Å². The van der Waals surface area contributed by atoms with Crippen molar-refractivity contribution in [3.63, 3.8) is 0 Å². The van der Waals surface area contributed by atoms with Gasteiger partial charge in [-0.1, -0.05) is 6.07 Å². The van der Waals surface area contributed by atoms with Crippen LogP contribution in [0.1, 0.15) is 41.0 Å². The highest BCUT2D eigenvalue weighted by Gasteiger charge is 2.23.